The van der Waals surface area contributed by atoms with Crippen LogP contribution in [0.4, 0.5) is 22.0 Å². The molecular formula is C25H24BrClF5N7O3. The van der Waals surface area contributed by atoms with Crippen molar-refractivity contribution >= 4 is 27.5 Å². The highest BCUT2D eigenvalue weighted by molar-refractivity contribution is 9.10. The summed E-state index contributed by atoms with van der Waals surface area (Å²) in [5, 5.41) is 19.1. The molecule has 3 heterocycles. The number of aliphatic hydroxyl groups excluding tert-OH is 1. The highest BCUT2D eigenvalue weighted by Crippen LogP contribution is 2.35. The topological polar surface area (TPSA) is 126 Å². The second-order valence-electron chi connectivity index (χ2n) is 8.94. The molecular weight excluding hydrogens is 657 g/mol. The lowest BCUT2D eigenvalue weighted by Crippen LogP contribution is -2.37. The Morgan fingerprint density at radius 1 is 1.19 bits per heavy atom. The molecule has 0 aliphatic heterocycles. The second kappa shape index (κ2) is 13.1. The predicted octanol–water partition coefficient (Wildman–Crippen LogP) is 4.99. The molecule has 42 heavy (non-hydrogen) atoms. The van der Waals surface area contributed by atoms with E-state index >= 15 is 0 Å². The Bertz CT molecular complexity index is 1550. The largest absolute Gasteiger partial charge is 0.435 e. The molecule has 0 amide bonds. The van der Waals surface area contributed by atoms with Crippen LogP contribution in [-0.4, -0.2) is 60.2 Å². The number of ether oxygens (including phenoxy) is 2. The van der Waals surface area contributed by atoms with E-state index < -0.39 is 52.7 Å². The molecule has 0 bridgehead atoms. The van der Waals surface area contributed by atoms with Crippen LogP contribution in [0.5, 0.6) is 0 Å². The molecule has 0 aliphatic rings. The fourth-order valence-electron chi connectivity index (χ4n) is 4.03. The minimum atomic E-state index is -4.85. The maximum Gasteiger partial charge on any atom is 0.435 e. The molecule has 10 nitrogen and oxygen atoms in total. The van der Waals surface area contributed by atoms with Gasteiger partial charge in [0.2, 0.25) is 0 Å². The second-order valence-corrected chi connectivity index (χ2v) is 10.3. The summed E-state index contributed by atoms with van der Waals surface area (Å²) >= 11 is 8.76. The van der Waals surface area contributed by atoms with Crippen molar-refractivity contribution in [1.29, 1.82) is 0 Å². The zero-order valence-electron chi connectivity index (χ0n) is 22.0. The van der Waals surface area contributed by atoms with Gasteiger partial charge in [0.05, 0.1) is 30.1 Å². The van der Waals surface area contributed by atoms with Crippen LogP contribution in [0.15, 0.2) is 41.3 Å². The molecule has 17 heteroatoms. The number of nitrogens with zero attached hydrogens (tertiary/aromatic N) is 6. The predicted molar refractivity (Wildman–Crippen MR) is 143 cm³/mol. The molecule has 3 N–H and O–H groups in total. The van der Waals surface area contributed by atoms with Crippen molar-refractivity contribution in [2.75, 3.05) is 13.2 Å². The van der Waals surface area contributed by atoms with E-state index in [0.717, 1.165) is 16.9 Å². The minimum absolute atomic E-state index is 0.0684. The van der Waals surface area contributed by atoms with Gasteiger partial charge in [-0.1, -0.05) is 11.6 Å². The maximum absolute atomic E-state index is 14.5. The molecule has 4 rings (SSSR count). The molecule has 2 unspecified atom stereocenters. The Morgan fingerprint density at radius 2 is 1.93 bits per heavy atom. The molecule has 0 saturated heterocycles. The van der Waals surface area contributed by atoms with Crippen LogP contribution in [0.2, 0.25) is 5.02 Å². The van der Waals surface area contributed by atoms with Gasteiger partial charge in [0.15, 0.2) is 23.2 Å². The van der Waals surface area contributed by atoms with Crippen molar-refractivity contribution < 1.29 is 36.5 Å². The number of pyridine rings is 1. The summed E-state index contributed by atoms with van der Waals surface area (Å²) in [5.41, 5.74) is 4.37. The lowest BCUT2D eigenvalue weighted by Gasteiger charge is -2.26. The zero-order chi connectivity index (χ0) is 30.8. The average molecular weight is 681 g/mol. The van der Waals surface area contributed by atoms with Gasteiger partial charge in [0.25, 0.3) is 0 Å². The molecule has 4 aromatic rings. The first-order chi connectivity index (χ1) is 19.8. The van der Waals surface area contributed by atoms with Crippen molar-refractivity contribution in [3.63, 3.8) is 0 Å². The van der Waals surface area contributed by atoms with Crippen LogP contribution < -0.4 is 5.73 Å². The number of hydrogen-bond acceptors (Lipinski definition) is 8. The van der Waals surface area contributed by atoms with E-state index in [0.29, 0.717) is 6.61 Å². The number of alkyl halides is 3. The number of aliphatic hydroxyl groups is 1. The lowest BCUT2D eigenvalue weighted by molar-refractivity contribution is -0.141. The number of halogens is 7. The lowest BCUT2D eigenvalue weighted by atomic mass is 10.1. The van der Waals surface area contributed by atoms with E-state index in [1.807, 2.05) is 0 Å². The Balaban J connectivity index is 1.73. The third-order valence-corrected chi connectivity index (χ3v) is 6.56. The van der Waals surface area contributed by atoms with Gasteiger partial charge >= 0.3 is 6.18 Å². The quantitative estimate of drug-likeness (QED) is 0.129. The smallest absolute Gasteiger partial charge is 0.388 e. The van der Waals surface area contributed by atoms with E-state index in [1.54, 1.807) is 6.92 Å². The van der Waals surface area contributed by atoms with Gasteiger partial charge < -0.3 is 20.3 Å². The van der Waals surface area contributed by atoms with Gasteiger partial charge in [-0.3, -0.25) is 4.68 Å². The summed E-state index contributed by atoms with van der Waals surface area (Å²) < 4.78 is 83.6. The Morgan fingerprint density at radius 3 is 2.62 bits per heavy atom. The van der Waals surface area contributed by atoms with Crippen LogP contribution in [0.25, 0.3) is 16.8 Å². The summed E-state index contributed by atoms with van der Waals surface area (Å²) in [7, 11) is 0. The van der Waals surface area contributed by atoms with Crippen LogP contribution >= 0.6 is 27.5 Å². The monoisotopic (exact) mass is 679 g/mol. The van der Waals surface area contributed by atoms with E-state index in [4.69, 9.17) is 26.8 Å². The maximum atomic E-state index is 14.5. The van der Waals surface area contributed by atoms with E-state index in [-0.39, 0.29) is 40.4 Å². The Kier molecular flexibility index (Phi) is 9.95. The van der Waals surface area contributed by atoms with Crippen LogP contribution in [0.1, 0.15) is 30.4 Å². The fourth-order valence-corrected chi connectivity index (χ4v) is 4.49. The summed E-state index contributed by atoms with van der Waals surface area (Å²) in [6.45, 7) is 3.05. The number of aryl methyl sites for hydroxylation is 1. The van der Waals surface area contributed by atoms with Gasteiger partial charge in [0, 0.05) is 34.6 Å². The average Bonchev–Trinajstić information content (AvgIpc) is 3.54. The van der Waals surface area contributed by atoms with Gasteiger partial charge in [-0.2, -0.15) is 23.4 Å². The summed E-state index contributed by atoms with van der Waals surface area (Å²) in [5.74, 6) is -2.56. The summed E-state index contributed by atoms with van der Waals surface area (Å²) in [4.78, 5) is 7.76. The normalized spacial score (nSPS) is 14.3. The number of nitrogens with two attached hydrogens (primary N) is 1. The van der Waals surface area contributed by atoms with Crippen molar-refractivity contribution in [2.45, 2.75) is 45.0 Å². The van der Waals surface area contributed by atoms with Crippen molar-refractivity contribution in [3.8, 4) is 16.8 Å². The Hall–Kier alpha value is -3.02. The molecule has 3 atom stereocenters. The molecule has 1 aromatic carbocycles. The Labute approximate surface area is 249 Å². The molecule has 0 fully saturated rings. The van der Waals surface area contributed by atoms with Gasteiger partial charge in [0.1, 0.15) is 24.3 Å². The van der Waals surface area contributed by atoms with Crippen molar-refractivity contribution in [1.82, 2.24) is 29.5 Å². The summed E-state index contributed by atoms with van der Waals surface area (Å²) in [6, 6.07) is 3.61. The fraction of sp³-hybridized carbons (Fsp3) is 0.360. The zero-order valence-corrected chi connectivity index (χ0v) is 24.3. The molecule has 3 aromatic heterocycles. The third-order valence-electron chi connectivity index (χ3n) is 5.83. The first-order valence-corrected chi connectivity index (χ1v) is 13.5. The van der Waals surface area contributed by atoms with E-state index in [2.05, 4.69) is 36.1 Å². The molecule has 0 aliphatic carbocycles. The molecule has 0 saturated carbocycles. The standard InChI is InChI=1S/C25H24BrClF5N7O3/c1-3-41-11-19(33)42-22(18(40)10-38-9-13(7-35-38)15-4-5-16(27)21(29)20(15)28)24-36-12(2)37-39(24)17-6-14(26)8-34-23(17)25(30,31)32/h4-9,18-19,22,40H,3,10-11,33H2,1-2H3/t18-,19?,22?/m0/s1. The first-order valence-electron chi connectivity index (χ1n) is 12.3. The number of rotatable bonds is 11. The van der Waals surface area contributed by atoms with E-state index in [9.17, 15) is 27.1 Å². The van der Waals surface area contributed by atoms with Crippen LogP contribution in [0, 0.1) is 18.6 Å². The van der Waals surface area contributed by atoms with Gasteiger partial charge in [-0.25, -0.2) is 23.4 Å². The van der Waals surface area contributed by atoms with E-state index in [1.165, 1.54) is 36.1 Å². The van der Waals surface area contributed by atoms with Gasteiger partial charge in [-0.15, -0.1) is 0 Å². The number of benzene rings is 1. The highest BCUT2D eigenvalue weighted by Gasteiger charge is 2.39. The third kappa shape index (κ3) is 7.12. The first kappa shape index (κ1) is 31.9. The minimum Gasteiger partial charge on any atom is -0.388 e. The number of aromatic nitrogens is 6. The van der Waals surface area contributed by atoms with Crippen LogP contribution in [-0.2, 0) is 22.2 Å². The van der Waals surface area contributed by atoms with Crippen molar-refractivity contribution in [2.24, 2.45) is 5.73 Å². The van der Waals surface area contributed by atoms with Crippen LogP contribution in [0.3, 0.4) is 0 Å². The summed E-state index contributed by atoms with van der Waals surface area (Å²) in [6.07, 6.45) is -5.41. The highest BCUT2D eigenvalue weighted by atomic mass is 79.9. The molecule has 0 radical (unpaired) electrons. The van der Waals surface area contributed by atoms with Gasteiger partial charge in [-0.05, 0) is 48.0 Å². The molecule has 0 spiro atoms. The SMILES string of the molecule is CCOCC(N)OC(c1nc(C)nn1-c1cc(Br)cnc1C(F)(F)F)[C@@H](O)Cn1cc(-c2ccc(Cl)c(F)c2F)cn1. The molecule has 226 valence electrons. The number of hydrogen-bond donors (Lipinski definition) is 2. The van der Waals surface area contributed by atoms with Crippen molar-refractivity contribution in [3.05, 3.63) is 75.3 Å².